The van der Waals surface area contributed by atoms with Crippen molar-refractivity contribution in [3.8, 4) is 11.4 Å². The zero-order valence-electron chi connectivity index (χ0n) is 16.5. The van der Waals surface area contributed by atoms with Gasteiger partial charge in [0.2, 0.25) is 11.6 Å². The fourth-order valence-electron chi connectivity index (χ4n) is 3.29. The number of rotatable bonds is 6. The molecule has 1 aliphatic rings. The van der Waals surface area contributed by atoms with Crippen molar-refractivity contribution in [1.82, 2.24) is 9.78 Å². The smallest absolute Gasteiger partial charge is 0.363 e. The highest BCUT2D eigenvalue weighted by atomic mass is 16.5. The molecule has 0 bridgehead atoms. The Kier molecular flexibility index (Phi) is 5.05. The maximum atomic E-state index is 12.5. The summed E-state index contributed by atoms with van der Waals surface area (Å²) in [4.78, 5) is 38.3. The molecule has 0 unspecified atom stereocenters. The number of nitrogens with zero attached hydrogens (tertiary/aromatic N) is 3. The molecule has 1 aliphatic heterocycles. The summed E-state index contributed by atoms with van der Waals surface area (Å²) < 4.78 is 11.9. The first-order chi connectivity index (χ1) is 14.5. The summed E-state index contributed by atoms with van der Waals surface area (Å²) in [6.07, 6.45) is 1.82. The number of fused-ring (bicyclic) bond motifs is 1. The number of hydrogen-bond donors (Lipinski definition) is 0. The van der Waals surface area contributed by atoms with Crippen molar-refractivity contribution in [2.75, 3.05) is 25.7 Å². The summed E-state index contributed by atoms with van der Waals surface area (Å²) in [5, 5.41) is 4.23. The number of esters is 1. The molecule has 1 amide bonds. The number of carbonyl (C=O) groups excluding carboxylic acids is 3. The van der Waals surface area contributed by atoms with E-state index in [-0.39, 0.29) is 29.6 Å². The lowest BCUT2D eigenvalue weighted by Gasteiger charge is -2.10. The van der Waals surface area contributed by atoms with E-state index < -0.39 is 12.6 Å². The van der Waals surface area contributed by atoms with Crippen molar-refractivity contribution >= 4 is 23.3 Å². The molecule has 0 atom stereocenters. The normalized spacial score (nSPS) is 12.6. The first kappa shape index (κ1) is 19.4. The van der Waals surface area contributed by atoms with E-state index in [0.717, 1.165) is 16.9 Å². The maximum absolute atomic E-state index is 12.5. The maximum Gasteiger partial charge on any atom is 0.363 e. The van der Waals surface area contributed by atoms with Crippen LogP contribution in [0.1, 0.15) is 26.4 Å². The van der Waals surface area contributed by atoms with E-state index in [0.29, 0.717) is 5.56 Å². The van der Waals surface area contributed by atoms with Crippen LogP contribution in [0.3, 0.4) is 0 Å². The van der Waals surface area contributed by atoms with Crippen LogP contribution < -0.4 is 9.64 Å². The molecule has 0 fully saturated rings. The zero-order chi connectivity index (χ0) is 21.3. The molecule has 152 valence electrons. The second-order valence-electron chi connectivity index (χ2n) is 6.80. The van der Waals surface area contributed by atoms with Gasteiger partial charge in [-0.05, 0) is 35.9 Å². The molecule has 0 saturated carbocycles. The number of para-hydroxylation sites is 1. The molecule has 8 nitrogen and oxygen atoms in total. The third-order valence-electron chi connectivity index (χ3n) is 4.93. The van der Waals surface area contributed by atoms with Crippen molar-refractivity contribution in [1.29, 1.82) is 0 Å². The second-order valence-corrected chi connectivity index (χ2v) is 6.80. The van der Waals surface area contributed by atoms with Gasteiger partial charge in [0.15, 0.2) is 18.1 Å². The third-order valence-corrected chi connectivity index (χ3v) is 4.93. The Bertz CT molecular complexity index is 1140. The molecule has 0 N–H and O–H groups in total. The summed E-state index contributed by atoms with van der Waals surface area (Å²) in [5.74, 6) is -0.905. The van der Waals surface area contributed by atoms with E-state index in [9.17, 15) is 14.4 Å². The van der Waals surface area contributed by atoms with Crippen LogP contribution in [-0.4, -0.2) is 48.2 Å². The average Bonchev–Trinajstić information content (AvgIpc) is 3.33. The Labute approximate surface area is 172 Å². The number of amides is 1. The van der Waals surface area contributed by atoms with Gasteiger partial charge in [-0.3, -0.25) is 9.59 Å². The second kappa shape index (κ2) is 7.82. The molecular weight excluding hydrogens is 386 g/mol. The van der Waals surface area contributed by atoms with Crippen LogP contribution in [0.2, 0.25) is 0 Å². The highest BCUT2D eigenvalue weighted by Crippen LogP contribution is 2.28. The van der Waals surface area contributed by atoms with Gasteiger partial charge >= 0.3 is 5.97 Å². The number of methoxy groups -OCH3 is 1. The van der Waals surface area contributed by atoms with E-state index in [4.69, 9.17) is 9.47 Å². The number of likely N-dealkylation sites (N-methyl/N-ethyl adjacent to an activating group) is 1. The Morgan fingerprint density at radius 1 is 1.13 bits per heavy atom. The number of hydrogen-bond acceptors (Lipinski definition) is 6. The average molecular weight is 405 g/mol. The number of anilines is 1. The molecule has 0 radical (unpaired) electrons. The molecular formula is C22H19N3O5. The Morgan fingerprint density at radius 3 is 2.63 bits per heavy atom. The van der Waals surface area contributed by atoms with Crippen LogP contribution in [0.4, 0.5) is 5.69 Å². The van der Waals surface area contributed by atoms with Crippen molar-refractivity contribution in [3.63, 3.8) is 0 Å². The Morgan fingerprint density at radius 2 is 1.90 bits per heavy atom. The van der Waals surface area contributed by atoms with E-state index >= 15 is 0 Å². The van der Waals surface area contributed by atoms with Gasteiger partial charge in [0.05, 0.1) is 25.4 Å². The molecule has 0 aliphatic carbocycles. The van der Waals surface area contributed by atoms with Gasteiger partial charge in [0.25, 0.3) is 0 Å². The molecule has 8 heteroatoms. The lowest BCUT2D eigenvalue weighted by molar-refractivity contribution is -0.117. The monoisotopic (exact) mass is 405 g/mol. The van der Waals surface area contributed by atoms with Crippen LogP contribution in [-0.2, 0) is 16.0 Å². The predicted molar refractivity (Wildman–Crippen MR) is 108 cm³/mol. The van der Waals surface area contributed by atoms with Crippen LogP contribution in [0.15, 0.2) is 54.7 Å². The van der Waals surface area contributed by atoms with Gasteiger partial charge in [-0.2, -0.15) is 5.10 Å². The zero-order valence-corrected chi connectivity index (χ0v) is 16.5. The van der Waals surface area contributed by atoms with Crippen LogP contribution >= 0.6 is 0 Å². The lowest BCUT2D eigenvalue weighted by Crippen LogP contribution is -2.20. The first-order valence-corrected chi connectivity index (χ1v) is 9.27. The minimum Gasteiger partial charge on any atom is -0.493 e. The Balaban J connectivity index is 1.46. The van der Waals surface area contributed by atoms with Gasteiger partial charge in [-0.25, -0.2) is 9.48 Å². The van der Waals surface area contributed by atoms with Crippen molar-refractivity contribution in [2.45, 2.75) is 6.42 Å². The fraction of sp³-hybridized carbons (Fsp3) is 0.182. The van der Waals surface area contributed by atoms with Crippen LogP contribution in [0, 0.1) is 0 Å². The van der Waals surface area contributed by atoms with E-state index in [2.05, 4.69) is 5.10 Å². The number of aromatic nitrogens is 2. The molecule has 0 saturated heterocycles. The van der Waals surface area contributed by atoms with Gasteiger partial charge < -0.3 is 14.4 Å². The number of carbonyl (C=O) groups is 3. The molecule has 4 rings (SSSR count). The summed E-state index contributed by atoms with van der Waals surface area (Å²) >= 11 is 0. The van der Waals surface area contributed by atoms with Crippen LogP contribution in [0.25, 0.3) is 5.69 Å². The summed E-state index contributed by atoms with van der Waals surface area (Å²) in [6, 6.07) is 14.2. The minimum absolute atomic E-state index is 0.0182. The quantitative estimate of drug-likeness (QED) is 0.462. The number of ketones is 1. The largest absolute Gasteiger partial charge is 0.493 e. The lowest BCUT2D eigenvalue weighted by atomic mass is 10.1. The van der Waals surface area contributed by atoms with Crippen molar-refractivity contribution < 1.29 is 23.9 Å². The number of ether oxygens (including phenoxy) is 2. The number of benzene rings is 2. The van der Waals surface area contributed by atoms with Crippen LogP contribution in [0.5, 0.6) is 5.75 Å². The molecule has 30 heavy (non-hydrogen) atoms. The standard InChI is InChI=1S/C22H19N3O5/c1-24-17-9-8-14(10-15(17)11-20(24)27)18(26)13-30-22(28)21-19(29-2)12-25(23-21)16-6-4-3-5-7-16/h3-10,12H,11,13H2,1-2H3. The molecule has 3 aromatic rings. The van der Waals surface area contributed by atoms with Gasteiger partial charge in [0.1, 0.15) is 0 Å². The van der Waals surface area contributed by atoms with Crippen molar-refractivity contribution in [3.05, 3.63) is 71.5 Å². The summed E-state index contributed by atoms with van der Waals surface area (Å²) in [6.45, 7) is -0.442. The summed E-state index contributed by atoms with van der Waals surface area (Å²) in [5.41, 5.74) is 2.68. The molecule has 0 spiro atoms. The first-order valence-electron chi connectivity index (χ1n) is 9.27. The third kappa shape index (κ3) is 3.55. The summed E-state index contributed by atoms with van der Waals surface area (Å²) in [7, 11) is 3.12. The van der Waals surface area contributed by atoms with Gasteiger partial charge in [-0.1, -0.05) is 18.2 Å². The minimum atomic E-state index is -0.758. The highest BCUT2D eigenvalue weighted by Gasteiger charge is 2.25. The van der Waals surface area contributed by atoms with E-state index in [1.165, 1.54) is 11.8 Å². The topological polar surface area (TPSA) is 90.7 Å². The fourth-order valence-corrected chi connectivity index (χ4v) is 3.29. The number of Topliss-reactive ketones (excluding diaryl/α,β-unsaturated/α-hetero) is 1. The molecule has 2 aromatic carbocycles. The Hall–Kier alpha value is -3.94. The highest BCUT2D eigenvalue weighted by molar-refractivity contribution is 6.04. The van der Waals surface area contributed by atoms with E-state index in [1.54, 1.807) is 36.3 Å². The molecule has 1 aromatic heterocycles. The van der Waals surface area contributed by atoms with Gasteiger partial charge in [-0.15, -0.1) is 0 Å². The molecule has 2 heterocycles. The van der Waals surface area contributed by atoms with Gasteiger partial charge in [0, 0.05) is 18.3 Å². The predicted octanol–water partition coefficient (Wildman–Crippen LogP) is 2.44. The van der Waals surface area contributed by atoms with Crippen molar-refractivity contribution in [2.24, 2.45) is 0 Å². The SMILES string of the molecule is COc1cn(-c2ccccc2)nc1C(=O)OCC(=O)c1ccc2c(c1)CC(=O)N2C. The van der Waals surface area contributed by atoms with E-state index in [1.807, 2.05) is 30.3 Å².